The number of aromatic amines is 1. The summed E-state index contributed by atoms with van der Waals surface area (Å²) in [5, 5.41) is 7.29. The maximum Gasteiger partial charge on any atom is 0.259 e. The van der Waals surface area contributed by atoms with Crippen LogP contribution in [0.4, 0.5) is 14.5 Å². The van der Waals surface area contributed by atoms with Crippen molar-refractivity contribution in [3.8, 4) is 33.3 Å². The highest BCUT2D eigenvalue weighted by Crippen LogP contribution is 2.42. The third kappa shape index (κ3) is 4.89. The van der Waals surface area contributed by atoms with Crippen LogP contribution in [-0.2, 0) is 17.1 Å². The van der Waals surface area contributed by atoms with Crippen molar-refractivity contribution in [2.45, 2.75) is 13.8 Å². The molecular weight excluding hydrogens is 536 g/mol. The minimum Gasteiger partial charge on any atom is -0.454 e. The van der Waals surface area contributed by atoms with Crippen LogP contribution in [0.15, 0.2) is 53.5 Å². The number of halogens is 2. The molecule has 0 aliphatic rings. The average molecular weight is 558 g/mol. The lowest BCUT2D eigenvalue weighted by molar-refractivity contribution is 0.439. The van der Waals surface area contributed by atoms with Gasteiger partial charge in [-0.25, -0.2) is 22.2 Å². The molecule has 0 spiro atoms. The Morgan fingerprint density at radius 3 is 2.55 bits per heavy atom. The summed E-state index contributed by atoms with van der Waals surface area (Å²) >= 11 is 1.29. The largest absolute Gasteiger partial charge is 0.454 e. The molecule has 2 aromatic carbocycles. The van der Waals surface area contributed by atoms with Crippen LogP contribution in [0.2, 0.25) is 0 Å². The van der Waals surface area contributed by atoms with E-state index in [-0.39, 0.29) is 28.5 Å². The van der Waals surface area contributed by atoms with Gasteiger partial charge in [0.1, 0.15) is 17.4 Å². The molecule has 0 atom stereocenters. The molecule has 0 bridgehead atoms. The molecule has 2 N–H and O–H groups in total. The Bertz CT molecular complexity index is 1860. The van der Waals surface area contributed by atoms with E-state index in [1.165, 1.54) is 35.0 Å². The molecule has 0 radical (unpaired) electrons. The van der Waals surface area contributed by atoms with E-state index in [1.54, 1.807) is 32.3 Å². The maximum absolute atomic E-state index is 14.5. The number of thiophene rings is 1. The van der Waals surface area contributed by atoms with Crippen LogP contribution in [-0.4, -0.2) is 33.9 Å². The summed E-state index contributed by atoms with van der Waals surface area (Å²) in [5.41, 5.74) is 0.910. The van der Waals surface area contributed by atoms with Crippen LogP contribution >= 0.6 is 11.3 Å². The number of H-pyrrole nitrogens is 1. The highest BCUT2D eigenvalue weighted by Gasteiger charge is 2.20. The molecule has 196 valence electrons. The summed E-state index contributed by atoms with van der Waals surface area (Å²) in [6, 6.07) is 9.14. The molecule has 0 fully saturated rings. The number of aryl methyl sites for hydroxylation is 2. The number of rotatable bonds is 7. The molecule has 3 aromatic heterocycles. The number of pyridine rings is 1. The second kappa shape index (κ2) is 9.65. The first-order valence-corrected chi connectivity index (χ1v) is 13.8. The molecule has 0 saturated heterocycles. The minimum atomic E-state index is -3.61. The number of benzene rings is 2. The second-order valence-electron chi connectivity index (χ2n) is 8.44. The van der Waals surface area contributed by atoms with Gasteiger partial charge in [-0.1, -0.05) is 0 Å². The monoisotopic (exact) mass is 557 g/mol. The Morgan fingerprint density at radius 2 is 1.87 bits per heavy atom. The third-order valence-electron chi connectivity index (χ3n) is 5.72. The Balaban J connectivity index is 1.74. The molecule has 0 amide bonds. The number of fused-ring (bicyclic) bond motifs is 1. The van der Waals surface area contributed by atoms with E-state index in [1.807, 2.05) is 0 Å². The molecule has 38 heavy (non-hydrogen) atoms. The van der Waals surface area contributed by atoms with E-state index in [2.05, 4.69) is 19.9 Å². The molecule has 0 aliphatic carbocycles. The van der Waals surface area contributed by atoms with E-state index in [9.17, 15) is 22.0 Å². The fourth-order valence-corrected chi connectivity index (χ4v) is 5.58. The van der Waals surface area contributed by atoms with Gasteiger partial charge in [0.2, 0.25) is 10.0 Å². The smallest absolute Gasteiger partial charge is 0.259 e. The van der Waals surface area contributed by atoms with Crippen molar-refractivity contribution in [2.24, 2.45) is 7.05 Å². The number of anilines is 1. The Hall–Kier alpha value is -4.10. The Kier molecular flexibility index (Phi) is 6.49. The fraction of sp³-hybridized carbons (Fsp3) is 0.160. The number of nitrogens with one attached hydrogen (secondary N) is 2. The number of sulfonamides is 1. The van der Waals surface area contributed by atoms with Gasteiger partial charge in [-0.3, -0.25) is 14.6 Å². The summed E-state index contributed by atoms with van der Waals surface area (Å²) in [5.74, 6) is -0.829. The molecule has 13 heteroatoms. The van der Waals surface area contributed by atoms with Crippen molar-refractivity contribution in [3.05, 3.63) is 76.5 Å². The van der Waals surface area contributed by atoms with Gasteiger partial charge in [-0.05, 0) is 50.2 Å². The maximum atomic E-state index is 14.5. The van der Waals surface area contributed by atoms with Crippen LogP contribution < -0.4 is 15.0 Å². The van der Waals surface area contributed by atoms with E-state index in [0.717, 1.165) is 12.1 Å². The van der Waals surface area contributed by atoms with Gasteiger partial charge >= 0.3 is 0 Å². The fourth-order valence-electron chi connectivity index (χ4n) is 3.84. The number of nitrogens with zero attached hydrogens (tertiary/aromatic N) is 3. The third-order valence-corrected chi connectivity index (χ3v) is 8.20. The molecule has 9 nitrogen and oxygen atoms in total. The first-order valence-electron chi connectivity index (χ1n) is 11.3. The van der Waals surface area contributed by atoms with Crippen LogP contribution in [0, 0.1) is 18.6 Å². The van der Waals surface area contributed by atoms with Crippen LogP contribution in [0.25, 0.3) is 31.9 Å². The predicted octanol–water partition coefficient (Wildman–Crippen LogP) is 5.19. The first kappa shape index (κ1) is 25.5. The van der Waals surface area contributed by atoms with Crippen molar-refractivity contribution < 1.29 is 21.9 Å². The van der Waals surface area contributed by atoms with Gasteiger partial charge in [0.05, 0.1) is 20.7 Å². The minimum absolute atomic E-state index is 0.143. The van der Waals surface area contributed by atoms with Crippen LogP contribution in [0.5, 0.6) is 11.5 Å². The quantitative estimate of drug-likeness (QED) is 0.284. The predicted molar refractivity (Wildman–Crippen MR) is 142 cm³/mol. The lowest BCUT2D eigenvalue weighted by Gasteiger charge is -2.16. The van der Waals surface area contributed by atoms with E-state index < -0.39 is 21.7 Å². The summed E-state index contributed by atoms with van der Waals surface area (Å²) < 4.78 is 62.8. The number of ether oxygens (including phenoxy) is 1. The zero-order valence-electron chi connectivity index (χ0n) is 20.4. The molecular formula is C25H21F2N5O4S2. The van der Waals surface area contributed by atoms with Crippen molar-refractivity contribution in [3.63, 3.8) is 0 Å². The van der Waals surface area contributed by atoms with Crippen molar-refractivity contribution in [1.82, 2.24) is 19.7 Å². The Labute approximate surface area is 219 Å². The standard InChI is InChI=1S/C25H21F2N5O4S2/c1-4-38(34,35)31-15-6-8-20(36-21-7-5-14(26)9-19(21)27)16(10-15)18-12-32(3)25(33)17-11-22(37-23(17)18)24-28-13(2)29-30-24/h5-12,31H,4H2,1-3H3,(H,28,29,30). The highest BCUT2D eigenvalue weighted by molar-refractivity contribution is 7.92. The normalized spacial score (nSPS) is 11.7. The van der Waals surface area contributed by atoms with E-state index in [0.29, 0.717) is 43.8 Å². The van der Waals surface area contributed by atoms with Crippen molar-refractivity contribution >= 4 is 37.1 Å². The topological polar surface area (TPSA) is 119 Å². The van der Waals surface area contributed by atoms with Gasteiger partial charge in [-0.15, -0.1) is 11.3 Å². The highest BCUT2D eigenvalue weighted by atomic mass is 32.2. The SMILES string of the molecule is CCS(=O)(=O)Nc1ccc(Oc2ccc(F)cc2F)c(-c2cn(C)c(=O)c3cc(-c4nc(C)n[nH]4)sc23)c1. The number of aromatic nitrogens is 4. The molecule has 0 saturated carbocycles. The van der Waals surface area contributed by atoms with Crippen molar-refractivity contribution in [1.29, 1.82) is 0 Å². The summed E-state index contributed by atoms with van der Waals surface area (Å²) in [6.07, 6.45) is 1.60. The molecule has 0 aliphatic heterocycles. The van der Waals surface area contributed by atoms with Gasteiger partial charge in [0, 0.05) is 36.1 Å². The van der Waals surface area contributed by atoms with Gasteiger partial charge in [-0.2, -0.15) is 5.10 Å². The molecule has 5 aromatic rings. The van der Waals surface area contributed by atoms with E-state index in [4.69, 9.17) is 4.74 Å². The molecule has 3 heterocycles. The average Bonchev–Trinajstić information content (AvgIpc) is 3.51. The van der Waals surface area contributed by atoms with Gasteiger partial charge < -0.3 is 9.30 Å². The zero-order valence-corrected chi connectivity index (χ0v) is 22.0. The number of hydrogen-bond acceptors (Lipinski definition) is 7. The van der Waals surface area contributed by atoms with Crippen LogP contribution in [0.3, 0.4) is 0 Å². The summed E-state index contributed by atoms with van der Waals surface area (Å²) in [6.45, 7) is 3.24. The van der Waals surface area contributed by atoms with Crippen molar-refractivity contribution in [2.75, 3.05) is 10.5 Å². The lowest BCUT2D eigenvalue weighted by atomic mass is 10.0. The zero-order chi connectivity index (χ0) is 27.2. The number of hydrogen-bond donors (Lipinski definition) is 2. The van der Waals surface area contributed by atoms with Gasteiger partial charge in [0.25, 0.3) is 5.56 Å². The lowest BCUT2D eigenvalue weighted by Crippen LogP contribution is -2.16. The summed E-state index contributed by atoms with van der Waals surface area (Å²) in [7, 11) is -2.02. The van der Waals surface area contributed by atoms with Crippen LogP contribution in [0.1, 0.15) is 12.7 Å². The first-order chi connectivity index (χ1) is 18.0. The Morgan fingerprint density at radius 1 is 1.11 bits per heavy atom. The molecule has 5 rings (SSSR count). The molecule has 0 unspecified atom stereocenters. The van der Waals surface area contributed by atoms with E-state index >= 15 is 0 Å². The summed E-state index contributed by atoms with van der Waals surface area (Å²) in [4.78, 5) is 18.0. The second-order valence-corrected chi connectivity index (χ2v) is 11.5. The van der Waals surface area contributed by atoms with Gasteiger partial charge in [0.15, 0.2) is 17.4 Å².